The first-order valence-electron chi connectivity index (χ1n) is 6.15. The van der Waals surface area contributed by atoms with Crippen molar-refractivity contribution in [1.82, 2.24) is 10.3 Å². The van der Waals surface area contributed by atoms with Gasteiger partial charge in [0.05, 0.1) is 0 Å². The van der Waals surface area contributed by atoms with Crippen molar-refractivity contribution in [2.24, 2.45) is 0 Å². The molecule has 100 valence electrons. The predicted molar refractivity (Wildman–Crippen MR) is 82.0 cm³/mol. The van der Waals surface area contributed by atoms with Crippen LogP contribution in [0.2, 0.25) is 5.02 Å². The number of nitrogens with one attached hydrogen (secondary N) is 1. The zero-order valence-electron chi connectivity index (χ0n) is 11.3. The second kappa shape index (κ2) is 6.42. The molecule has 0 saturated heterocycles. The van der Waals surface area contributed by atoms with Gasteiger partial charge in [0.25, 0.3) is 0 Å². The number of rotatable bonds is 4. The predicted octanol–water partition coefficient (Wildman–Crippen LogP) is 4.22. The largest absolute Gasteiger partial charge is 0.316 e. The molecule has 0 fully saturated rings. The van der Waals surface area contributed by atoms with Gasteiger partial charge in [-0.05, 0) is 56.3 Å². The summed E-state index contributed by atoms with van der Waals surface area (Å²) in [7, 11) is 1.92. The highest BCUT2D eigenvalue weighted by molar-refractivity contribution is 7.99. The van der Waals surface area contributed by atoms with Crippen molar-refractivity contribution in [2.45, 2.75) is 30.3 Å². The molecule has 0 aliphatic rings. The van der Waals surface area contributed by atoms with E-state index >= 15 is 0 Å². The molecule has 2 nitrogen and oxygen atoms in total. The van der Waals surface area contributed by atoms with Crippen molar-refractivity contribution < 1.29 is 0 Å². The second-order valence-corrected chi connectivity index (χ2v) is 5.94. The van der Waals surface area contributed by atoms with Gasteiger partial charge < -0.3 is 5.32 Å². The van der Waals surface area contributed by atoms with Gasteiger partial charge in [0.1, 0.15) is 5.03 Å². The fraction of sp³-hybridized carbons (Fsp3) is 0.267. The Labute approximate surface area is 123 Å². The lowest BCUT2D eigenvalue weighted by molar-refractivity contribution is 0.803. The van der Waals surface area contributed by atoms with E-state index in [4.69, 9.17) is 11.6 Å². The van der Waals surface area contributed by atoms with Crippen molar-refractivity contribution in [2.75, 3.05) is 7.05 Å². The standard InChI is InChI=1S/C15H17ClN2S/c1-10-7-11(2)18-15(8-10)19-14-6-4-5-13(16)12(14)9-17-3/h4-8,17H,9H2,1-3H3. The van der Waals surface area contributed by atoms with E-state index in [9.17, 15) is 0 Å². The molecule has 0 aliphatic heterocycles. The molecule has 0 spiro atoms. The third-order valence-electron chi connectivity index (χ3n) is 2.72. The second-order valence-electron chi connectivity index (χ2n) is 4.47. The minimum atomic E-state index is 0.757. The number of benzene rings is 1. The third kappa shape index (κ3) is 3.72. The Morgan fingerprint density at radius 1 is 1.26 bits per heavy atom. The average molecular weight is 293 g/mol. The number of hydrogen-bond acceptors (Lipinski definition) is 3. The summed E-state index contributed by atoms with van der Waals surface area (Å²) in [6.07, 6.45) is 0. The van der Waals surface area contributed by atoms with Crippen LogP contribution in [0.4, 0.5) is 0 Å². The molecule has 0 radical (unpaired) electrons. The maximum Gasteiger partial charge on any atom is 0.101 e. The number of aromatic nitrogens is 1. The van der Waals surface area contributed by atoms with E-state index in [0.717, 1.165) is 32.7 Å². The lowest BCUT2D eigenvalue weighted by atomic mass is 10.2. The summed E-state index contributed by atoms with van der Waals surface area (Å²) in [5, 5.41) is 4.96. The van der Waals surface area contributed by atoms with Crippen LogP contribution in [0, 0.1) is 13.8 Å². The van der Waals surface area contributed by atoms with Gasteiger partial charge in [-0.1, -0.05) is 29.4 Å². The van der Waals surface area contributed by atoms with Crippen LogP contribution in [0.5, 0.6) is 0 Å². The maximum absolute atomic E-state index is 6.26. The van der Waals surface area contributed by atoms with Gasteiger partial charge in [-0.15, -0.1) is 0 Å². The van der Waals surface area contributed by atoms with E-state index < -0.39 is 0 Å². The molecule has 1 aromatic heterocycles. The monoisotopic (exact) mass is 292 g/mol. The van der Waals surface area contributed by atoms with Crippen molar-refractivity contribution in [3.63, 3.8) is 0 Å². The molecule has 0 atom stereocenters. The van der Waals surface area contributed by atoms with E-state index in [1.807, 2.05) is 26.1 Å². The molecule has 19 heavy (non-hydrogen) atoms. The zero-order valence-corrected chi connectivity index (χ0v) is 12.9. The summed E-state index contributed by atoms with van der Waals surface area (Å²) in [5.74, 6) is 0. The minimum Gasteiger partial charge on any atom is -0.316 e. The van der Waals surface area contributed by atoms with Crippen LogP contribution in [0.15, 0.2) is 40.3 Å². The molecule has 0 unspecified atom stereocenters. The van der Waals surface area contributed by atoms with Crippen LogP contribution in [-0.4, -0.2) is 12.0 Å². The van der Waals surface area contributed by atoms with Gasteiger partial charge in [0.15, 0.2) is 0 Å². The Kier molecular flexibility index (Phi) is 4.86. The van der Waals surface area contributed by atoms with Gasteiger partial charge in [-0.25, -0.2) is 4.98 Å². The summed E-state index contributed by atoms with van der Waals surface area (Å²) in [5.41, 5.74) is 3.39. The highest BCUT2D eigenvalue weighted by Crippen LogP contribution is 2.33. The number of nitrogens with zero attached hydrogens (tertiary/aromatic N) is 1. The molecule has 2 rings (SSSR count). The molecule has 0 bridgehead atoms. The fourth-order valence-electron chi connectivity index (χ4n) is 1.95. The number of aryl methyl sites for hydroxylation is 2. The van der Waals surface area contributed by atoms with E-state index in [1.54, 1.807) is 11.8 Å². The quantitative estimate of drug-likeness (QED) is 0.913. The molecule has 0 amide bonds. The van der Waals surface area contributed by atoms with E-state index in [1.165, 1.54) is 5.56 Å². The summed E-state index contributed by atoms with van der Waals surface area (Å²) < 4.78 is 0. The number of pyridine rings is 1. The first-order valence-corrected chi connectivity index (χ1v) is 7.34. The first-order chi connectivity index (χ1) is 9.10. The SMILES string of the molecule is CNCc1c(Cl)cccc1Sc1cc(C)cc(C)n1. The van der Waals surface area contributed by atoms with Crippen molar-refractivity contribution >= 4 is 23.4 Å². The van der Waals surface area contributed by atoms with Gasteiger partial charge >= 0.3 is 0 Å². The van der Waals surface area contributed by atoms with Crippen LogP contribution >= 0.6 is 23.4 Å². The Morgan fingerprint density at radius 2 is 2.05 bits per heavy atom. The fourth-order valence-corrected chi connectivity index (χ4v) is 3.36. The van der Waals surface area contributed by atoms with Crippen molar-refractivity contribution in [3.05, 3.63) is 52.2 Å². The molecule has 1 heterocycles. The molecule has 0 aliphatic carbocycles. The van der Waals surface area contributed by atoms with Crippen LogP contribution in [0.25, 0.3) is 0 Å². The Hall–Kier alpha value is -1.03. The summed E-state index contributed by atoms with van der Waals surface area (Å²) in [4.78, 5) is 5.71. The third-order valence-corrected chi connectivity index (χ3v) is 4.09. The average Bonchev–Trinajstić information content (AvgIpc) is 2.32. The normalized spacial score (nSPS) is 10.7. The van der Waals surface area contributed by atoms with Crippen LogP contribution in [-0.2, 0) is 6.54 Å². The van der Waals surface area contributed by atoms with Crippen molar-refractivity contribution in [3.8, 4) is 0 Å². The van der Waals surface area contributed by atoms with E-state index in [-0.39, 0.29) is 0 Å². The lowest BCUT2D eigenvalue weighted by Crippen LogP contribution is -2.06. The summed E-state index contributed by atoms with van der Waals surface area (Å²) >= 11 is 7.92. The summed E-state index contributed by atoms with van der Waals surface area (Å²) in [6, 6.07) is 10.2. The highest BCUT2D eigenvalue weighted by Gasteiger charge is 2.09. The van der Waals surface area contributed by atoms with Crippen LogP contribution in [0.1, 0.15) is 16.8 Å². The molecule has 4 heteroatoms. The Balaban J connectivity index is 2.34. The molecular formula is C15H17ClN2S. The molecule has 1 aromatic carbocycles. The Bertz CT molecular complexity index is 564. The minimum absolute atomic E-state index is 0.757. The highest BCUT2D eigenvalue weighted by atomic mass is 35.5. The molecule has 1 N–H and O–H groups in total. The zero-order chi connectivity index (χ0) is 13.8. The summed E-state index contributed by atoms with van der Waals surface area (Å²) in [6.45, 7) is 4.86. The molecule has 0 saturated carbocycles. The van der Waals surface area contributed by atoms with Gasteiger partial charge in [0, 0.05) is 22.2 Å². The van der Waals surface area contributed by atoms with Gasteiger partial charge in [-0.3, -0.25) is 0 Å². The van der Waals surface area contributed by atoms with Gasteiger partial charge in [-0.2, -0.15) is 0 Å². The Morgan fingerprint density at radius 3 is 2.74 bits per heavy atom. The first kappa shape index (κ1) is 14.4. The van der Waals surface area contributed by atoms with Gasteiger partial charge in [0.2, 0.25) is 0 Å². The van der Waals surface area contributed by atoms with Crippen LogP contribution in [0.3, 0.4) is 0 Å². The van der Waals surface area contributed by atoms with Crippen molar-refractivity contribution in [1.29, 1.82) is 0 Å². The van der Waals surface area contributed by atoms with E-state index in [0.29, 0.717) is 0 Å². The molecular weight excluding hydrogens is 276 g/mol. The maximum atomic E-state index is 6.26. The number of hydrogen-bond donors (Lipinski definition) is 1. The number of halogens is 1. The lowest BCUT2D eigenvalue weighted by Gasteiger charge is -2.11. The molecule has 2 aromatic rings. The smallest absolute Gasteiger partial charge is 0.101 e. The topological polar surface area (TPSA) is 24.9 Å². The van der Waals surface area contributed by atoms with E-state index in [2.05, 4.69) is 35.4 Å². The van der Waals surface area contributed by atoms with Crippen LogP contribution < -0.4 is 5.32 Å².